The quantitative estimate of drug-likeness (QED) is 0.928. The number of nitrogens with zero attached hydrogens (tertiary/aromatic N) is 1. The molecule has 0 saturated carbocycles. The van der Waals surface area contributed by atoms with Gasteiger partial charge >= 0.3 is 0 Å². The number of ether oxygens (including phenoxy) is 1. The Kier molecular flexibility index (Phi) is 4.42. The van der Waals surface area contributed by atoms with Gasteiger partial charge in [-0.15, -0.1) is 0 Å². The van der Waals surface area contributed by atoms with Gasteiger partial charge in [-0.25, -0.2) is 0 Å². The number of likely N-dealkylation sites (N-methyl/N-ethyl adjacent to an activating group) is 1. The van der Waals surface area contributed by atoms with Crippen LogP contribution < -0.4 is 5.32 Å². The molecule has 1 N–H and O–H groups in total. The Morgan fingerprint density at radius 3 is 3.06 bits per heavy atom. The maximum absolute atomic E-state index is 5.71. The van der Waals surface area contributed by atoms with E-state index >= 15 is 0 Å². The lowest BCUT2D eigenvalue weighted by molar-refractivity contribution is -0.0117. The van der Waals surface area contributed by atoms with E-state index in [1.54, 1.807) is 0 Å². The minimum Gasteiger partial charge on any atom is -0.381 e. The van der Waals surface area contributed by atoms with Crippen LogP contribution >= 0.6 is 15.9 Å². The summed E-state index contributed by atoms with van der Waals surface area (Å²) in [4.78, 5) is 2.31. The number of nitrogens with one attached hydrogen (secondary N) is 1. The lowest BCUT2D eigenvalue weighted by Crippen LogP contribution is -2.43. The molecule has 1 aliphatic heterocycles. The SMILES string of the molecule is Cc1ccc(NCC2CN(C)CCO2)c(Br)c1. The number of hydrogen-bond donors (Lipinski definition) is 1. The van der Waals surface area contributed by atoms with Crippen molar-refractivity contribution in [2.45, 2.75) is 13.0 Å². The van der Waals surface area contributed by atoms with Crippen molar-refractivity contribution in [2.24, 2.45) is 0 Å². The summed E-state index contributed by atoms with van der Waals surface area (Å²) >= 11 is 3.57. The van der Waals surface area contributed by atoms with Crippen molar-refractivity contribution < 1.29 is 4.74 Å². The number of morpholine rings is 1. The maximum Gasteiger partial charge on any atom is 0.0874 e. The smallest absolute Gasteiger partial charge is 0.0874 e. The van der Waals surface area contributed by atoms with Crippen molar-refractivity contribution in [2.75, 3.05) is 38.6 Å². The fourth-order valence-corrected chi connectivity index (χ4v) is 2.61. The minimum atomic E-state index is 0.280. The van der Waals surface area contributed by atoms with E-state index in [1.165, 1.54) is 5.56 Å². The maximum atomic E-state index is 5.71. The summed E-state index contributed by atoms with van der Waals surface area (Å²) in [5, 5.41) is 3.43. The molecule has 4 heteroatoms. The van der Waals surface area contributed by atoms with Crippen LogP contribution in [-0.4, -0.2) is 44.3 Å². The Morgan fingerprint density at radius 2 is 2.35 bits per heavy atom. The van der Waals surface area contributed by atoms with Crippen LogP contribution in [0.25, 0.3) is 0 Å². The van der Waals surface area contributed by atoms with Crippen LogP contribution in [0, 0.1) is 6.92 Å². The molecule has 1 aromatic rings. The summed E-state index contributed by atoms with van der Waals surface area (Å²) in [5.41, 5.74) is 2.39. The molecule has 0 radical (unpaired) electrons. The molecule has 1 fully saturated rings. The van der Waals surface area contributed by atoms with Crippen LogP contribution in [-0.2, 0) is 4.74 Å². The van der Waals surface area contributed by atoms with Gasteiger partial charge in [-0.05, 0) is 47.6 Å². The number of anilines is 1. The first-order valence-electron chi connectivity index (χ1n) is 5.95. The molecule has 0 bridgehead atoms. The molecule has 3 nitrogen and oxygen atoms in total. The summed E-state index contributed by atoms with van der Waals surface area (Å²) in [6.07, 6.45) is 0.280. The molecule has 0 aliphatic carbocycles. The van der Waals surface area contributed by atoms with Gasteiger partial charge in [-0.3, -0.25) is 0 Å². The molecule has 2 rings (SSSR count). The number of aryl methyl sites for hydroxylation is 1. The molecule has 1 unspecified atom stereocenters. The lowest BCUT2D eigenvalue weighted by atomic mass is 10.2. The molecule has 0 aromatic heterocycles. The summed E-state index contributed by atoms with van der Waals surface area (Å²) in [7, 11) is 2.14. The Morgan fingerprint density at radius 1 is 1.53 bits per heavy atom. The fourth-order valence-electron chi connectivity index (χ4n) is 1.98. The number of rotatable bonds is 3. The minimum absolute atomic E-state index is 0.280. The lowest BCUT2D eigenvalue weighted by Gasteiger charge is -2.30. The van der Waals surface area contributed by atoms with Crippen LogP contribution in [0.2, 0.25) is 0 Å². The first-order valence-corrected chi connectivity index (χ1v) is 6.74. The zero-order valence-corrected chi connectivity index (χ0v) is 12.0. The van der Waals surface area contributed by atoms with Gasteiger partial charge in [0.15, 0.2) is 0 Å². The van der Waals surface area contributed by atoms with Crippen LogP contribution in [0.3, 0.4) is 0 Å². The largest absolute Gasteiger partial charge is 0.381 e. The van der Waals surface area contributed by atoms with E-state index in [-0.39, 0.29) is 6.10 Å². The molecule has 1 saturated heterocycles. The van der Waals surface area contributed by atoms with Crippen LogP contribution in [0.5, 0.6) is 0 Å². The van der Waals surface area contributed by atoms with Gasteiger partial charge in [0.25, 0.3) is 0 Å². The van der Waals surface area contributed by atoms with Crippen molar-refractivity contribution in [3.63, 3.8) is 0 Å². The highest BCUT2D eigenvalue weighted by Crippen LogP contribution is 2.23. The second kappa shape index (κ2) is 5.85. The normalized spacial score (nSPS) is 21.5. The van der Waals surface area contributed by atoms with E-state index in [0.29, 0.717) is 0 Å². The van der Waals surface area contributed by atoms with E-state index < -0.39 is 0 Å². The van der Waals surface area contributed by atoms with E-state index in [2.05, 4.69) is 58.3 Å². The van der Waals surface area contributed by atoms with Crippen LogP contribution in [0.1, 0.15) is 5.56 Å². The Labute approximate surface area is 111 Å². The summed E-state index contributed by atoms with van der Waals surface area (Å²) in [6, 6.07) is 6.34. The highest BCUT2D eigenvalue weighted by atomic mass is 79.9. The van der Waals surface area contributed by atoms with Gasteiger partial charge in [-0.1, -0.05) is 6.07 Å². The molecule has 0 amide bonds. The van der Waals surface area contributed by atoms with Crippen molar-refractivity contribution in [3.05, 3.63) is 28.2 Å². The van der Waals surface area contributed by atoms with E-state index in [4.69, 9.17) is 4.74 Å². The average Bonchev–Trinajstić information content (AvgIpc) is 2.28. The summed E-state index contributed by atoms with van der Waals surface area (Å²) in [6.45, 7) is 5.80. The number of benzene rings is 1. The van der Waals surface area contributed by atoms with Crippen molar-refractivity contribution in [3.8, 4) is 0 Å². The van der Waals surface area contributed by atoms with Crippen LogP contribution in [0.15, 0.2) is 22.7 Å². The zero-order valence-electron chi connectivity index (χ0n) is 10.4. The predicted octanol–water partition coefficient (Wildman–Crippen LogP) is 2.50. The van der Waals surface area contributed by atoms with Crippen molar-refractivity contribution >= 4 is 21.6 Å². The molecule has 17 heavy (non-hydrogen) atoms. The van der Waals surface area contributed by atoms with Gasteiger partial charge in [0, 0.05) is 29.8 Å². The van der Waals surface area contributed by atoms with E-state index in [9.17, 15) is 0 Å². The topological polar surface area (TPSA) is 24.5 Å². The first-order chi connectivity index (χ1) is 8.15. The van der Waals surface area contributed by atoms with Gasteiger partial charge in [0.05, 0.1) is 12.7 Å². The Balaban J connectivity index is 1.88. The van der Waals surface area contributed by atoms with Crippen molar-refractivity contribution in [1.82, 2.24) is 4.90 Å². The van der Waals surface area contributed by atoms with Crippen molar-refractivity contribution in [1.29, 1.82) is 0 Å². The molecule has 1 atom stereocenters. The average molecular weight is 299 g/mol. The summed E-state index contributed by atoms with van der Waals surface area (Å²) in [5.74, 6) is 0. The van der Waals surface area contributed by atoms with E-state index in [0.717, 1.165) is 36.4 Å². The molecule has 1 heterocycles. The highest BCUT2D eigenvalue weighted by Gasteiger charge is 2.17. The number of halogens is 1. The molecule has 1 aromatic carbocycles. The number of hydrogen-bond acceptors (Lipinski definition) is 3. The molecule has 1 aliphatic rings. The monoisotopic (exact) mass is 298 g/mol. The predicted molar refractivity (Wildman–Crippen MR) is 74.6 cm³/mol. The second-order valence-corrected chi connectivity index (χ2v) is 5.47. The zero-order chi connectivity index (χ0) is 12.3. The molecular formula is C13H19BrN2O. The summed E-state index contributed by atoms with van der Waals surface area (Å²) < 4.78 is 6.83. The van der Waals surface area contributed by atoms with Gasteiger partial charge < -0.3 is 15.0 Å². The van der Waals surface area contributed by atoms with Gasteiger partial charge in [0.2, 0.25) is 0 Å². The Hall–Kier alpha value is -0.580. The third-order valence-corrected chi connectivity index (χ3v) is 3.64. The molecular weight excluding hydrogens is 280 g/mol. The first kappa shape index (κ1) is 12.9. The van der Waals surface area contributed by atoms with Gasteiger partial charge in [-0.2, -0.15) is 0 Å². The third-order valence-electron chi connectivity index (χ3n) is 2.99. The standard InChI is InChI=1S/C13H19BrN2O/c1-10-3-4-13(12(14)7-10)15-8-11-9-16(2)5-6-17-11/h3-4,7,11,15H,5-6,8-9H2,1-2H3. The second-order valence-electron chi connectivity index (χ2n) is 4.62. The molecule has 0 spiro atoms. The van der Waals surface area contributed by atoms with E-state index in [1.807, 2.05) is 0 Å². The Bertz CT molecular complexity index is 384. The third kappa shape index (κ3) is 3.69. The van der Waals surface area contributed by atoms with Gasteiger partial charge in [0.1, 0.15) is 0 Å². The van der Waals surface area contributed by atoms with Crippen LogP contribution in [0.4, 0.5) is 5.69 Å². The molecule has 94 valence electrons. The fraction of sp³-hybridized carbons (Fsp3) is 0.538. The highest BCUT2D eigenvalue weighted by molar-refractivity contribution is 9.10.